The third-order valence-electron chi connectivity index (χ3n) is 6.51. The van der Waals surface area contributed by atoms with Gasteiger partial charge < -0.3 is 25.0 Å². The molecule has 2 atom stereocenters. The van der Waals surface area contributed by atoms with Gasteiger partial charge in [0, 0.05) is 32.5 Å². The molecule has 2 N–H and O–H groups in total. The lowest BCUT2D eigenvalue weighted by Gasteiger charge is -2.32. The summed E-state index contributed by atoms with van der Waals surface area (Å²) in [5.74, 6) is 0.556. The van der Waals surface area contributed by atoms with Crippen LogP contribution in [-0.2, 0) is 9.53 Å². The summed E-state index contributed by atoms with van der Waals surface area (Å²) >= 11 is 0. The molecule has 4 rings (SSSR count). The second kappa shape index (κ2) is 11.1. The molecule has 2 amide bonds. The molecule has 7 nitrogen and oxygen atoms in total. The van der Waals surface area contributed by atoms with Gasteiger partial charge in [0.2, 0.25) is 5.91 Å². The lowest BCUT2D eigenvalue weighted by atomic mass is 10.0. The summed E-state index contributed by atoms with van der Waals surface area (Å²) in [4.78, 5) is 27.8. The van der Waals surface area contributed by atoms with E-state index < -0.39 is 12.2 Å². The van der Waals surface area contributed by atoms with E-state index in [9.17, 15) is 14.0 Å². The lowest BCUT2D eigenvalue weighted by molar-refractivity contribution is -0.131. The van der Waals surface area contributed by atoms with Gasteiger partial charge in [-0.2, -0.15) is 0 Å². The molecule has 35 heavy (non-hydrogen) atoms. The number of hydrogen-bond acceptors (Lipinski definition) is 5. The average molecular weight is 484 g/mol. The molecule has 2 heterocycles. The van der Waals surface area contributed by atoms with Gasteiger partial charge in [-0.15, -0.1) is 0 Å². The Morgan fingerprint density at radius 1 is 0.914 bits per heavy atom. The third-order valence-corrected chi connectivity index (χ3v) is 6.51. The monoisotopic (exact) mass is 483 g/mol. The summed E-state index contributed by atoms with van der Waals surface area (Å²) in [5, 5.41) is 0. The van der Waals surface area contributed by atoms with Gasteiger partial charge in [0.15, 0.2) is 0 Å². The molecular weight excluding hydrogens is 449 g/mol. The second-order valence-electron chi connectivity index (χ2n) is 9.53. The smallest absolute Gasteiger partial charge is 0.410 e. The van der Waals surface area contributed by atoms with Crippen molar-refractivity contribution < 1.29 is 23.5 Å². The van der Waals surface area contributed by atoms with E-state index in [1.54, 1.807) is 4.90 Å². The minimum atomic E-state index is -0.957. The van der Waals surface area contributed by atoms with Crippen LogP contribution in [0.5, 0.6) is 5.75 Å². The molecule has 188 valence electrons. The van der Waals surface area contributed by atoms with Crippen LogP contribution in [0.25, 0.3) is 11.1 Å². The second-order valence-corrected chi connectivity index (χ2v) is 9.53. The van der Waals surface area contributed by atoms with Crippen molar-refractivity contribution in [1.29, 1.82) is 0 Å². The fourth-order valence-electron chi connectivity index (χ4n) is 4.49. The van der Waals surface area contributed by atoms with E-state index in [-0.39, 0.29) is 30.8 Å². The number of carbonyl (C=O) groups is 2. The number of carbonyl (C=O) groups excluding carboxylic acids is 2. The minimum absolute atomic E-state index is 0.0607. The Labute approximate surface area is 206 Å². The van der Waals surface area contributed by atoms with Crippen LogP contribution in [0.3, 0.4) is 0 Å². The average Bonchev–Trinajstić information content (AvgIpc) is 3.30. The summed E-state index contributed by atoms with van der Waals surface area (Å²) in [6, 6.07) is 14.7. The van der Waals surface area contributed by atoms with Crippen molar-refractivity contribution in [2.24, 2.45) is 5.73 Å². The van der Waals surface area contributed by atoms with Gasteiger partial charge in [0.1, 0.15) is 24.1 Å². The van der Waals surface area contributed by atoms with E-state index in [4.69, 9.17) is 15.2 Å². The number of nitrogens with two attached hydrogens (primary N) is 1. The van der Waals surface area contributed by atoms with E-state index in [0.717, 1.165) is 29.7 Å². The fraction of sp³-hybridized carbons (Fsp3) is 0.481. The number of piperidine rings is 1. The standard InChI is InChI=1S/C27H34FN3O4/c1-18(2)34-27(33)30-15-12-24(13-16-30)35-23-9-7-20(8-10-23)19-3-5-21(6-4-19)25(29)26(32)31-14-11-22(28)17-31/h3-10,18,22,24-25H,11-17,29H2,1-2H3/t22-,25-/m0/s1. The summed E-state index contributed by atoms with van der Waals surface area (Å²) in [6.07, 6.45) is 0.627. The number of nitrogens with zero attached hydrogens (tertiary/aromatic N) is 2. The Balaban J connectivity index is 1.29. The Kier molecular flexibility index (Phi) is 7.90. The number of rotatable bonds is 6. The summed E-state index contributed by atoms with van der Waals surface area (Å²) in [6.45, 7) is 5.49. The molecule has 0 bridgehead atoms. The SMILES string of the molecule is CC(C)OC(=O)N1CCC(Oc2ccc(-c3ccc([C@H](N)C(=O)N4CC[C@H](F)C4)cc3)cc2)CC1. The van der Waals surface area contributed by atoms with Crippen molar-refractivity contribution >= 4 is 12.0 Å². The zero-order valence-electron chi connectivity index (χ0n) is 20.4. The first-order valence-corrected chi connectivity index (χ1v) is 12.3. The summed E-state index contributed by atoms with van der Waals surface area (Å²) in [5.41, 5.74) is 8.89. The van der Waals surface area contributed by atoms with Gasteiger partial charge in [0.05, 0.1) is 12.6 Å². The maximum Gasteiger partial charge on any atom is 0.410 e. The quantitative estimate of drug-likeness (QED) is 0.662. The molecule has 2 aliphatic heterocycles. The number of halogens is 1. The van der Waals surface area contributed by atoms with Crippen LogP contribution in [-0.4, -0.2) is 66.4 Å². The van der Waals surface area contributed by atoms with Crippen molar-refractivity contribution in [1.82, 2.24) is 9.80 Å². The number of hydrogen-bond donors (Lipinski definition) is 1. The van der Waals surface area contributed by atoms with Crippen LogP contribution in [0.2, 0.25) is 0 Å². The number of amides is 2. The maximum absolute atomic E-state index is 13.4. The Morgan fingerprint density at radius 2 is 1.49 bits per heavy atom. The first-order chi connectivity index (χ1) is 16.8. The normalized spacial score (nSPS) is 19.6. The Morgan fingerprint density at radius 3 is 2.03 bits per heavy atom. The molecule has 0 unspecified atom stereocenters. The van der Waals surface area contributed by atoms with Crippen molar-refractivity contribution in [2.45, 2.75) is 57.5 Å². The number of alkyl halides is 1. The predicted octanol–water partition coefficient (Wildman–Crippen LogP) is 4.31. The van der Waals surface area contributed by atoms with Crippen LogP contribution < -0.4 is 10.5 Å². The summed E-state index contributed by atoms with van der Waals surface area (Å²) in [7, 11) is 0. The van der Waals surface area contributed by atoms with E-state index in [1.807, 2.05) is 62.4 Å². The van der Waals surface area contributed by atoms with Gasteiger partial charge in [-0.3, -0.25) is 4.79 Å². The van der Waals surface area contributed by atoms with Gasteiger partial charge >= 0.3 is 6.09 Å². The van der Waals surface area contributed by atoms with Crippen LogP contribution >= 0.6 is 0 Å². The summed E-state index contributed by atoms with van der Waals surface area (Å²) < 4.78 is 24.8. The largest absolute Gasteiger partial charge is 0.490 e. The van der Waals surface area contributed by atoms with E-state index >= 15 is 0 Å². The zero-order chi connectivity index (χ0) is 24.9. The number of likely N-dealkylation sites (tertiary alicyclic amines) is 2. The highest BCUT2D eigenvalue weighted by Gasteiger charge is 2.30. The highest BCUT2D eigenvalue weighted by molar-refractivity contribution is 5.83. The predicted molar refractivity (Wildman–Crippen MR) is 132 cm³/mol. The number of ether oxygens (including phenoxy) is 2. The molecule has 2 fully saturated rings. The fourth-order valence-corrected chi connectivity index (χ4v) is 4.49. The van der Waals surface area contributed by atoms with Crippen LogP contribution in [0.15, 0.2) is 48.5 Å². The molecule has 0 spiro atoms. The molecule has 2 aromatic rings. The third kappa shape index (κ3) is 6.31. The van der Waals surface area contributed by atoms with Crippen molar-refractivity contribution in [2.75, 3.05) is 26.2 Å². The molecule has 0 radical (unpaired) electrons. The van der Waals surface area contributed by atoms with Crippen molar-refractivity contribution in [3.05, 3.63) is 54.1 Å². The molecule has 2 saturated heterocycles. The van der Waals surface area contributed by atoms with Crippen molar-refractivity contribution in [3.63, 3.8) is 0 Å². The van der Waals surface area contributed by atoms with Gasteiger partial charge in [0.25, 0.3) is 0 Å². The lowest BCUT2D eigenvalue weighted by Crippen LogP contribution is -2.42. The Bertz CT molecular complexity index is 1000. The molecule has 8 heteroatoms. The molecule has 2 aliphatic rings. The van der Waals surface area contributed by atoms with Crippen LogP contribution in [0, 0.1) is 0 Å². The maximum atomic E-state index is 13.4. The molecule has 0 aliphatic carbocycles. The van der Waals surface area contributed by atoms with E-state index in [2.05, 4.69) is 0 Å². The number of benzene rings is 2. The first-order valence-electron chi connectivity index (χ1n) is 12.3. The minimum Gasteiger partial charge on any atom is -0.490 e. The topological polar surface area (TPSA) is 85.1 Å². The molecule has 0 saturated carbocycles. The highest BCUT2D eigenvalue weighted by atomic mass is 19.1. The highest BCUT2D eigenvalue weighted by Crippen LogP contribution is 2.27. The van der Waals surface area contributed by atoms with E-state index in [1.165, 1.54) is 4.90 Å². The van der Waals surface area contributed by atoms with E-state index in [0.29, 0.717) is 31.6 Å². The first kappa shape index (κ1) is 25.0. The van der Waals surface area contributed by atoms with Gasteiger partial charge in [-0.1, -0.05) is 36.4 Å². The Hall–Kier alpha value is -3.13. The molecule has 2 aromatic carbocycles. The van der Waals surface area contributed by atoms with Gasteiger partial charge in [-0.05, 0) is 49.1 Å². The van der Waals surface area contributed by atoms with Gasteiger partial charge in [-0.25, -0.2) is 9.18 Å². The zero-order valence-corrected chi connectivity index (χ0v) is 20.4. The molecule has 0 aromatic heterocycles. The van der Waals surface area contributed by atoms with Crippen LogP contribution in [0.4, 0.5) is 9.18 Å². The molecular formula is C27H34FN3O4. The van der Waals surface area contributed by atoms with Crippen molar-refractivity contribution in [3.8, 4) is 16.9 Å². The van der Waals surface area contributed by atoms with Crippen LogP contribution in [0.1, 0.15) is 44.7 Å².